The summed E-state index contributed by atoms with van der Waals surface area (Å²) in [6.07, 6.45) is 2.45. The maximum atomic E-state index is 6.40. The van der Waals surface area contributed by atoms with Crippen LogP contribution in [0.3, 0.4) is 0 Å². The molecule has 0 saturated carbocycles. The molecule has 3 nitrogen and oxygen atoms in total. The van der Waals surface area contributed by atoms with Gasteiger partial charge in [-0.2, -0.15) is 0 Å². The van der Waals surface area contributed by atoms with Crippen LogP contribution in [0.4, 0.5) is 0 Å². The van der Waals surface area contributed by atoms with Crippen LogP contribution in [-0.2, 0) is 0 Å². The highest BCUT2D eigenvalue weighted by Crippen LogP contribution is 2.21. The monoisotopic (exact) mass is 264 g/mol. The number of likely N-dealkylation sites (N-methyl/N-ethyl adjacent to an activating group) is 1. The van der Waals surface area contributed by atoms with Gasteiger partial charge in [-0.15, -0.1) is 0 Å². The zero-order valence-electron chi connectivity index (χ0n) is 12.7. The molecular formula is C16H28N2O. The first kappa shape index (κ1) is 16.0. The minimum atomic E-state index is 0.0442. The Balaban J connectivity index is 2.70. The number of hydrogen-bond acceptors (Lipinski definition) is 3. The van der Waals surface area contributed by atoms with Crippen molar-refractivity contribution in [2.45, 2.75) is 45.7 Å². The summed E-state index contributed by atoms with van der Waals surface area (Å²) in [7, 11) is 1.68. The van der Waals surface area contributed by atoms with E-state index in [4.69, 9.17) is 10.5 Å². The van der Waals surface area contributed by atoms with Crippen molar-refractivity contribution in [1.82, 2.24) is 4.90 Å². The van der Waals surface area contributed by atoms with Gasteiger partial charge >= 0.3 is 0 Å². The Morgan fingerprint density at radius 1 is 1.21 bits per heavy atom. The van der Waals surface area contributed by atoms with Crippen LogP contribution in [0, 0.1) is 0 Å². The highest BCUT2D eigenvalue weighted by molar-refractivity contribution is 5.29. The Bertz CT molecular complexity index is 350. The van der Waals surface area contributed by atoms with E-state index in [2.05, 4.69) is 37.8 Å². The van der Waals surface area contributed by atoms with Crippen LogP contribution < -0.4 is 10.5 Å². The first-order valence-corrected chi connectivity index (χ1v) is 7.27. The number of hydrogen-bond donors (Lipinski definition) is 1. The molecule has 0 aromatic heterocycles. The van der Waals surface area contributed by atoms with Gasteiger partial charge in [-0.05, 0) is 44.1 Å². The maximum Gasteiger partial charge on any atom is 0.118 e. The Morgan fingerprint density at radius 2 is 1.84 bits per heavy atom. The van der Waals surface area contributed by atoms with Crippen molar-refractivity contribution in [3.63, 3.8) is 0 Å². The molecule has 0 bridgehead atoms. The van der Waals surface area contributed by atoms with Crippen molar-refractivity contribution >= 4 is 0 Å². The van der Waals surface area contributed by atoms with Gasteiger partial charge in [-0.1, -0.05) is 32.4 Å². The third-order valence-electron chi connectivity index (χ3n) is 3.80. The molecule has 108 valence electrons. The fourth-order valence-corrected chi connectivity index (χ4v) is 2.34. The lowest BCUT2D eigenvalue weighted by Crippen LogP contribution is -2.41. The van der Waals surface area contributed by atoms with Crippen LogP contribution in [0.2, 0.25) is 0 Å². The van der Waals surface area contributed by atoms with E-state index < -0.39 is 0 Å². The standard InChI is InChI=1S/C16H28N2O/c1-5-7-12-18(6-2)13(3)16(17)14-8-10-15(19-4)11-9-14/h8-11,13,16H,5-7,12,17H2,1-4H3. The number of rotatable bonds is 8. The molecule has 0 amide bonds. The van der Waals surface area contributed by atoms with E-state index in [0.29, 0.717) is 6.04 Å². The molecule has 2 unspecified atom stereocenters. The first-order chi connectivity index (χ1) is 9.13. The number of unbranched alkanes of at least 4 members (excludes halogenated alkanes) is 1. The second-order valence-electron chi connectivity index (χ2n) is 5.02. The van der Waals surface area contributed by atoms with Crippen LogP contribution in [-0.4, -0.2) is 31.1 Å². The van der Waals surface area contributed by atoms with Crippen LogP contribution in [0.1, 0.15) is 45.2 Å². The largest absolute Gasteiger partial charge is 0.497 e. The minimum Gasteiger partial charge on any atom is -0.497 e. The molecule has 2 N–H and O–H groups in total. The summed E-state index contributed by atoms with van der Waals surface area (Å²) >= 11 is 0. The van der Waals surface area contributed by atoms with Crippen molar-refractivity contribution < 1.29 is 4.74 Å². The second-order valence-corrected chi connectivity index (χ2v) is 5.02. The Kier molecular flexibility index (Phi) is 6.89. The predicted octanol–water partition coefficient (Wildman–Crippen LogP) is 3.21. The zero-order valence-corrected chi connectivity index (χ0v) is 12.7. The Labute approximate surface area is 117 Å². The predicted molar refractivity (Wildman–Crippen MR) is 81.5 cm³/mol. The molecule has 19 heavy (non-hydrogen) atoms. The van der Waals surface area contributed by atoms with Gasteiger partial charge in [0.05, 0.1) is 7.11 Å². The lowest BCUT2D eigenvalue weighted by Gasteiger charge is -2.32. The average molecular weight is 264 g/mol. The van der Waals surface area contributed by atoms with E-state index in [0.717, 1.165) is 18.8 Å². The number of benzene rings is 1. The third-order valence-corrected chi connectivity index (χ3v) is 3.80. The van der Waals surface area contributed by atoms with Crippen LogP contribution in [0.25, 0.3) is 0 Å². The van der Waals surface area contributed by atoms with Gasteiger partial charge in [0, 0.05) is 12.1 Å². The smallest absolute Gasteiger partial charge is 0.118 e. The van der Waals surface area contributed by atoms with Crippen molar-refractivity contribution in [2.24, 2.45) is 5.73 Å². The molecule has 0 aliphatic heterocycles. The van der Waals surface area contributed by atoms with E-state index in [1.165, 1.54) is 18.4 Å². The van der Waals surface area contributed by atoms with Gasteiger partial charge in [0.2, 0.25) is 0 Å². The highest BCUT2D eigenvalue weighted by atomic mass is 16.5. The molecule has 2 atom stereocenters. The van der Waals surface area contributed by atoms with Crippen molar-refractivity contribution in [2.75, 3.05) is 20.2 Å². The van der Waals surface area contributed by atoms with E-state index in [1.54, 1.807) is 7.11 Å². The normalized spacial score (nSPS) is 14.4. The quantitative estimate of drug-likeness (QED) is 0.783. The number of methoxy groups -OCH3 is 1. The van der Waals surface area contributed by atoms with Crippen molar-refractivity contribution in [3.05, 3.63) is 29.8 Å². The molecule has 1 aromatic carbocycles. The summed E-state index contributed by atoms with van der Waals surface area (Å²) in [4.78, 5) is 2.46. The van der Waals surface area contributed by atoms with E-state index in [1.807, 2.05) is 12.1 Å². The molecule has 0 radical (unpaired) electrons. The first-order valence-electron chi connectivity index (χ1n) is 7.27. The van der Waals surface area contributed by atoms with E-state index in [-0.39, 0.29) is 6.04 Å². The molecule has 0 aliphatic rings. The molecule has 0 heterocycles. The summed E-state index contributed by atoms with van der Waals surface area (Å²) in [5.74, 6) is 0.877. The van der Waals surface area contributed by atoms with Gasteiger partial charge in [0.25, 0.3) is 0 Å². The number of ether oxygens (including phenoxy) is 1. The molecule has 1 rings (SSSR count). The molecule has 0 aliphatic carbocycles. The van der Waals surface area contributed by atoms with E-state index in [9.17, 15) is 0 Å². The summed E-state index contributed by atoms with van der Waals surface area (Å²) in [6, 6.07) is 8.48. The van der Waals surface area contributed by atoms with Crippen molar-refractivity contribution in [1.29, 1.82) is 0 Å². The lowest BCUT2D eigenvalue weighted by molar-refractivity contribution is 0.191. The second kappa shape index (κ2) is 8.18. The SMILES string of the molecule is CCCCN(CC)C(C)C(N)c1ccc(OC)cc1. The van der Waals surface area contributed by atoms with Gasteiger partial charge in [-0.25, -0.2) is 0 Å². The Morgan fingerprint density at radius 3 is 2.32 bits per heavy atom. The van der Waals surface area contributed by atoms with Crippen LogP contribution >= 0.6 is 0 Å². The van der Waals surface area contributed by atoms with Crippen LogP contribution in [0.15, 0.2) is 24.3 Å². The fourth-order valence-electron chi connectivity index (χ4n) is 2.34. The molecule has 0 fully saturated rings. The number of nitrogens with zero attached hydrogens (tertiary/aromatic N) is 1. The van der Waals surface area contributed by atoms with Crippen molar-refractivity contribution in [3.8, 4) is 5.75 Å². The summed E-state index contributed by atoms with van der Waals surface area (Å²) in [6.45, 7) is 8.81. The lowest BCUT2D eigenvalue weighted by atomic mass is 9.99. The Hall–Kier alpha value is -1.06. The molecule has 0 saturated heterocycles. The van der Waals surface area contributed by atoms with E-state index >= 15 is 0 Å². The fraction of sp³-hybridized carbons (Fsp3) is 0.625. The van der Waals surface area contributed by atoms with Gasteiger partial charge < -0.3 is 10.5 Å². The maximum absolute atomic E-state index is 6.40. The molecule has 0 spiro atoms. The molecule has 3 heteroatoms. The summed E-state index contributed by atoms with van der Waals surface area (Å²) < 4.78 is 5.18. The summed E-state index contributed by atoms with van der Waals surface area (Å²) in [5, 5.41) is 0. The minimum absolute atomic E-state index is 0.0442. The third kappa shape index (κ3) is 4.51. The summed E-state index contributed by atoms with van der Waals surface area (Å²) in [5.41, 5.74) is 7.57. The molecule has 1 aromatic rings. The average Bonchev–Trinajstić information content (AvgIpc) is 2.47. The zero-order chi connectivity index (χ0) is 14.3. The van der Waals surface area contributed by atoms with Crippen LogP contribution in [0.5, 0.6) is 5.75 Å². The highest BCUT2D eigenvalue weighted by Gasteiger charge is 2.20. The van der Waals surface area contributed by atoms with Gasteiger partial charge in [-0.3, -0.25) is 4.90 Å². The van der Waals surface area contributed by atoms with Gasteiger partial charge in [0.1, 0.15) is 5.75 Å². The van der Waals surface area contributed by atoms with Gasteiger partial charge in [0.15, 0.2) is 0 Å². The topological polar surface area (TPSA) is 38.5 Å². The molecular weight excluding hydrogens is 236 g/mol. The number of nitrogens with two attached hydrogens (primary N) is 1.